The Bertz CT molecular complexity index is 259. The highest BCUT2D eigenvalue weighted by Crippen LogP contribution is 2.20. The van der Waals surface area contributed by atoms with Crippen molar-refractivity contribution in [3.8, 4) is 0 Å². The van der Waals surface area contributed by atoms with Gasteiger partial charge in [-0.3, -0.25) is 4.79 Å². The Hall–Kier alpha value is -0.570. The second-order valence-corrected chi connectivity index (χ2v) is 7.48. The SMILES string of the molecule is CCCCCCCC(=O)O.CCCCCCCC(C)C(C)(C)N. The molecule has 140 valence electrons. The van der Waals surface area contributed by atoms with E-state index < -0.39 is 5.97 Å². The number of rotatable bonds is 13. The van der Waals surface area contributed by atoms with Crippen LogP contribution in [-0.2, 0) is 4.79 Å². The lowest BCUT2D eigenvalue weighted by molar-refractivity contribution is -0.137. The largest absolute Gasteiger partial charge is 0.481 e. The van der Waals surface area contributed by atoms with Crippen molar-refractivity contribution in [3.05, 3.63) is 0 Å². The van der Waals surface area contributed by atoms with Crippen molar-refractivity contribution in [2.45, 2.75) is 117 Å². The van der Waals surface area contributed by atoms with Crippen LogP contribution in [0.25, 0.3) is 0 Å². The third-order valence-electron chi connectivity index (χ3n) is 4.51. The molecule has 0 aliphatic rings. The molecule has 3 heteroatoms. The van der Waals surface area contributed by atoms with Gasteiger partial charge in [0.15, 0.2) is 0 Å². The minimum Gasteiger partial charge on any atom is -0.481 e. The minimum atomic E-state index is -0.670. The maximum absolute atomic E-state index is 10.0. The molecule has 0 amide bonds. The summed E-state index contributed by atoms with van der Waals surface area (Å²) >= 11 is 0. The van der Waals surface area contributed by atoms with Gasteiger partial charge in [0, 0.05) is 12.0 Å². The molecule has 0 aliphatic carbocycles. The number of hydrogen-bond acceptors (Lipinski definition) is 2. The summed E-state index contributed by atoms with van der Waals surface area (Å²) in [6.45, 7) is 10.9. The maximum atomic E-state index is 10.0. The number of carboxylic acids is 1. The van der Waals surface area contributed by atoms with E-state index in [4.69, 9.17) is 10.8 Å². The van der Waals surface area contributed by atoms with Crippen molar-refractivity contribution in [3.63, 3.8) is 0 Å². The van der Waals surface area contributed by atoms with Crippen LogP contribution in [0.2, 0.25) is 0 Å². The highest BCUT2D eigenvalue weighted by atomic mass is 16.4. The van der Waals surface area contributed by atoms with Crippen LogP contribution in [0.5, 0.6) is 0 Å². The van der Waals surface area contributed by atoms with E-state index in [1.54, 1.807) is 0 Å². The summed E-state index contributed by atoms with van der Waals surface area (Å²) in [6, 6.07) is 0. The van der Waals surface area contributed by atoms with Crippen LogP contribution in [0.3, 0.4) is 0 Å². The van der Waals surface area contributed by atoms with Gasteiger partial charge in [-0.15, -0.1) is 0 Å². The average molecular weight is 330 g/mol. The van der Waals surface area contributed by atoms with Crippen molar-refractivity contribution in [1.29, 1.82) is 0 Å². The Kier molecular flexibility index (Phi) is 17.5. The van der Waals surface area contributed by atoms with E-state index in [1.165, 1.54) is 57.8 Å². The van der Waals surface area contributed by atoms with Gasteiger partial charge in [-0.25, -0.2) is 0 Å². The van der Waals surface area contributed by atoms with Crippen molar-refractivity contribution < 1.29 is 9.90 Å². The summed E-state index contributed by atoms with van der Waals surface area (Å²) in [5.41, 5.74) is 6.02. The van der Waals surface area contributed by atoms with Gasteiger partial charge in [0.25, 0.3) is 0 Å². The van der Waals surface area contributed by atoms with Gasteiger partial charge in [-0.05, 0) is 32.6 Å². The van der Waals surface area contributed by atoms with E-state index in [1.807, 2.05) is 0 Å². The van der Waals surface area contributed by atoms with Crippen molar-refractivity contribution in [2.24, 2.45) is 11.7 Å². The molecule has 3 N–H and O–H groups in total. The van der Waals surface area contributed by atoms with Gasteiger partial charge in [-0.1, -0.05) is 78.6 Å². The number of carboxylic acid groups (broad SMARTS) is 1. The number of unbranched alkanes of at least 4 members (excludes halogenated alkanes) is 8. The molecule has 0 aromatic carbocycles. The summed E-state index contributed by atoms with van der Waals surface area (Å²) in [4.78, 5) is 10.0. The van der Waals surface area contributed by atoms with E-state index in [0.29, 0.717) is 12.3 Å². The molecular formula is C20H43NO2. The summed E-state index contributed by atoms with van der Waals surface area (Å²) in [6.07, 6.45) is 14.0. The molecule has 3 nitrogen and oxygen atoms in total. The van der Waals surface area contributed by atoms with Gasteiger partial charge in [0.2, 0.25) is 0 Å². The fraction of sp³-hybridized carbons (Fsp3) is 0.950. The highest BCUT2D eigenvalue weighted by Gasteiger charge is 2.19. The lowest BCUT2D eigenvalue weighted by Crippen LogP contribution is -2.39. The Balaban J connectivity index is 0. The first-order valence-electron chi connectivity index (χ1n) is 9.76. The molecule has 0 spiro atoms. The normalized spacial score (nSPS) is 12.4. The van der Waals surface area contributed by atoms with E-state index in [-0.39, 0.29) is 5.54 Å². The van der Waals surface area contributed by atoms with Crippen LogP contribution >= 0.6 is 0 Å². The first kappa shape index (κ1) is 24.7. The summed E-state index contributed by atoms with van der Waals surface area (Å²) in [5.74, 6) is -0.0226. The Morgan fingerprint density at radius 2 is 1.35 bits per heavy atom. The third-order valence-corrected chi connectivity index (χ3v) is 4.51. The molecule has 1 unspecified atom stereocenters. The molecular weight excluding hydrogens is 286 g/mol. The van der Waals surface area contributed by atoms with Gasteiger partial charge >= 0.3 is 5.97 Å². The molecule has 0 aliphatic heterocycles. The quantitative estimate of drug-likeness (QED) is 0.398. The Labute approximate surface area is 145 Å². The molecule has 1 atom stereocenters. The molecule has 23 heavy (non-hydrogen) atoms. The van der Waals surface area contributed by atoms with Crippen LogP contribution in [0.15, 0.2) is 0 Å². The lowest BCUT2D eigenvalue weighted by Gasteiger charge is -2.27. The van der Waals surface area contributed by atoms with E-state index in [9.17, 15) is 4.79 Å². The molecule has 0 rings (SSSR count). The number of hydrogen-bond donors (Lipinski definition) is 2. The second kappa shape index (κ2) is 16.3. The molecule has 0 fully saturated rings. The van der Waals surface area contributed by atoms with Crippen molar-refractivity contribution >= 4 is 5.97 Å². The zero-order valence-corrected chi connectivity index (χ0v) is 16.5. The number of carbonyl (C=O) groups is 1. The van der Waals surface area contributed by atoms with Crippen LogP contribution < -0.4 is 5.73 Å². The molecule has 0 aromatic heterocycles. The lowest BCUT2D eigenvalue weighted by atomic mass is 9.86. The Morgan fingerprint density at radius 3 is 1.74 bits per heavy atom. The van der Waals surface area contributed by atoms with Gasteiger partial charge in [-0.2, -0.15) is 0 Å². The van der Waals surface area contributed by atoms with Crippen LogP contribution in [0.4, 0.5) is 0 Å². The van der Waals surface area contributed by atoms with Crippen molar-refractivity contribution in [2.75, 3.05) is 0 Å². The summed E-state index contributed by atoms with van der Waals surface area (Å²) in [7, 11) is 0. The number of nitrogens with two attached hydrogens (primary N) is 1. The minimum absolute atomic E-state index is 0.00472. The average Bonchev–Trinajstić information content (AvgIpc) is 2.46. The first-order valence-corrected chi connectivity index (χ1v) is 9.76. The summed E-state index contributed by atoms with van der Waals surface area (Å²) < 4.78 is 0. The fourth-order valence-electron chi connectivity index (χ4n) is 2.31. The highest BCUT2D eigenvalue weighted by molar-refractivity contribution is 5.66. The first-order chi connectivity index (χ1) is 10.8. The second-order valence-electron chi connectivity index (χ2n) is 7.48. The van der Waals surface area contributed by atoms with Gasteiger partial charge in [0.05, 0.1) is 0 Å². The van der Waals surface area contributed by atoms with E-state index in [0.717, 1.165) is 12.8 Å². The molecule has 0 radical (unpaired) electrons. The Morgan fingerprint density at radius 1 is 0.913 bits per heavy atom. The topological polar surface area (TPSA) is 63.3 Å². The van der Waals surface area contributed by atoms with Crippen LogP contribution in [0, 0.1) is 5.92 Å². The third kappa shape index (κ3) is 21.4. The van der Waals surface area contributed by atoms with Gasteiger partial charge < -0.3 is 10.8 Å². The maximum Gasteiger partial charge on any atom is 0.303 e. The number of aliphatic carboxylic acids is 1. The zero-order chi connectivity index (χ0) is 18.1. The van der Waals surface area contributed by atoms with Crippen LogP contribution in [0.1, 0.15) is 112 Å². The van der Waals surface area contributed by atoms with E-state index >= 15 is 0 Å². The monoisotopic (exact) mass is 329 g/mol. The molecule has 0 aromatic rings. The molecule has 0 saturated heterocycles. The smallest absolute Gasteiger partial charge is 0.303 e. The van der Waals surface area contributed by atoms with Crippen molar-refractivity contribution in [1.82, 2.24) is 0 Å². The molecule has 0 saturated carbocycles. The van der Waals surface area contributed by atoms with Gasteiger partial charge in [0.1, 0.15) is 0 Å². The predicted molar refractivity (Wildman–Crippen MR) is 102 cm³/mol. The predicted octanol–water partition coefficient (Wildman–Crippen LogP) is 6.15. The summed E-state index contributed by atoms with van der Waals surface area (Å²) in [5, 5.41) is 8.27. The van der Waals surface area contributed by atoms with Crippen LogP contribution in [-0.4, -0.2) is 16.6 Å². The standard InChI is InChI=1S/C12H27N.C8H16O2/c1-5-6-7-8-9-10-11(2)12(3,4)13;1-2-3-4-5-6-7-8(9)10/h11H,5-10,13H2,1-4H3;2-7H2,1H3,(H,9,10). The molecule has 0 bridgehead atoms. The fourth-order valence-corrected chi connectivity index (χ4v) is 2.31. The zero-order valence-electron chi connectivity index (χ0n) is 16.5. The van der Waals surface area contributed by atoms with E-state index in [2.05, 4.69) is 34.6 Å². The molecule has 0 heterocycles.